The third-order valence-corrected chi connectivity index (χ3v) is 1.54. The number of rotatable bonds is 5. The van der Waals surface area contributed by atoms with Crippen LogP contribution < -0.4 is 0 Å². The van der Waals surface area contributed by atoms with Gasteiger partial charge in [-0.1, -0.05) is 0 Å². The summed E-state index contributed by atoms with van der Waals surface area (Å²) in [7, 11) is 0. The average molecular weight is 197 g/mol. The van der Waals surface area contributed by atoms with E-state index in [9.17, 15) is 13.8 Å². The number of carboxylic acids is 2. The minimum absolute atomic E-state index is 0.394. The summed E-state index contributed by atoms with van der Waals surface area (Å²) in [5.41, 5.74) is 0. The van der Waals surface area contributed by atoms with Gasteiger partial charge in [0.1, 0.15) is 13.1 Å². The lowest BCUT2D eigenvalue weighted by Crippen LogP contribution is -2.35. The van der Waals surface area contributed by atoms with Crippen molar-refractivity contribution < 1.29 is 28.6 Å². The Bertz CT molecular complexity index is 200. The van der Waals surface area contributed by atoms with Crippen molar-refractivity contribution in [2.75, 3.05) is 13.1 Å². The van der Waals surface area contributed by atoms with Crippen LogP contribution in [-0.4, -0.2) is 48.3 Å². The zero-order valence-corrected chi connectivity index (χ0v) is 6.65. The maximum Gasteiger partial charge on any atom is 0.318 e. The van der Waals surface area contributed by atoms with E-state index in [1.54, 1.807) is 0 Å². The van der Waals surface area contributed by atoms with Crippen LogP contribution in [0, 0.1) is 0 Å². The second-order valence-corrected chi connectivity index (χ2v) is 2.79. The van der Waals surface area contributed by atoms with Crippen LogP contribution in [0.25, 0.3) is 0 Å². The molecule has 0 aromatic heterocycles. The molecule has 70 valence electrons. The molecule has 0 saturated carbocycles. The fourth-order valence-electron chi connectivity index (χ4n) is 0.468. The minimum atomic E-state index is -2.57. The molecular formula is C4H7NO6S. The summed E-state index contributed by atoms with van der Waals surface area (Å²) in [5, 5.41) is 16.3. The molecule has 0 amide bonds. The quantitative estimate of drug-likeness (QED) is 0.466. The lowest BCUT2D eigenvalue weighted by molar-refractivity contribution is -0.139. The van der Waals surface area contributed by atoms with Gasteiger partial charge in [0.25, 0.3) is 0 Å². The molecule has 1 atom stereocenters. The van der Waals surface area contributed by atoms with E-state index >= 15 is 0 Å². The van der Waals surface area contributed by atoms with Crippen LogP contribution in [0.4, 0.5) is 0 Å². The lowest BCUT2D eigenvalue weighted by Gasteiger charge is -2.11. The van der Waals surface area contributed by atoms with E-state index in [4.69, 9.17) is 14.8 Å². The monoisotopic (exact) mass is 197 g/mol. The van der Waals surface area contributed by atoms with Gasteiger partial charge in [-0.05, 0) is 0 Å². The molecule has 0 aliphatic carbocycles. The number of carbonyl (C=O) groups is 2. The van der Waals surface area contributed by atoms with Gasteiger partial charge >= 0.3 is 11.9 Å². The predicted molar refractivity (Wildman–Crippen MR) is 37.6 cm³/mol. The Morgan fingerprint density at radius 1 is 1.17 bits per heavy atom. The van der Waals surface area contributed by atoms with E-state index in [0.29, 0.717) is 4.31 Å². The van der Waals surface area contributed by atoms with Crippen molar-refractivity contribution in [1.29, 1.82) is 0 Å². The van der Waals surface area contributed by atoms with Crippen LogP contribution in [0.1, 0.15) is 0 Å². The molecule has 3 N–H and O–H groups in total. The highest BCUT2D eigenvalue weighted by Gasteiger charge is 2.17. The van der Waals surface area contributed by atoms with E-state index in [-0.39, 0.29) is 0 Å². The summed E-state index contributed by atoms with van der Waals surface area (Å²) in [6.45, 7) is -1.56. The van der Waals surface area contributed by atoms with E-state index in [1.165, 1.54) is 0 Å². The van der Waals surface area contributed by atoms with Crippen molar-refractivity contribution in [3.8, 4) is 0 Å². The normalized spacial score (nSPS) is 12.8. The second kappa shape index (κ2) is 4.80. The second-order valence-electron chi connectivity index (χ2n) is 1.82. The Kier molecular flexibility index (Phi) is 4.40. The summed E-state index contributed by atoms with van der Waals surface area (Å²) < 4.78 is 19.1. The predicted octanol–water partition coefficient (Wildman–Crippen LogP) is -1.41. The third-order valence-electron chi connectivity index (χ3n) is 0.844. The van der Waals surface area contributed by atoms with Gasteiger partial charge in [0, 0.05) is 0 Å². The fourth-order valence-corrected chi connectivity index (χ4v) is 0.910. The fraction of sp³-hybridized carbons (Fsp3) is 0.500. The van der Waals surface area contributed by atoms with Crippen molar-refractivity contribution in [1.82, 2.24) is 4.31 Å². The Labute approximate surface area is 70.0 Å². The van der Waals surface area contributed by atoms with Gasteiger partial charge in [-0.15, -0.1) is 0 Å². The highest BCUT2D eigenvalue weighted by Crippen LogP contribution is 1.91. The van der Waals surface area contributed by atoms with Crippen LogP contribution in [0.3, 0.4) is 0 Å². The number of aliphatic carboxylic acids is 2. The molecule has 0 bridgehead atoms. The summed E-state index contributed by atoms with van der Waals surface area (Å²) in [4.78, 5) is 20.0. The molecule has 0 heterocycles. The average Bonchev–Trinajstić information content (AvgIpc) is 1.83. The van der Waals surface area contributed by atoms with Crippen molar-refractivity contribution in [2.24, 2.45) is 0 Å². The largest absolute Gasteiger partial charge is 0.480 e. The maximum absolute atomic E-state index is 10.3. The third kappa shape index (κ3) is 4.77. The van der Waals surface area contributed by atoms with Gasteiger partial charge in [0.05, 0.1) is 0 Å². The SMILES string of the molecule is O=C(O)CN(CC(=O)O)S(=O)O. The maximum atomic E-state index is 10.3. The molecule has 0 aromatic carbocycles. The van der Waals surface area contributed by atoms with E-state index < -0.39 is 36.3 Å². The Hall–Kier alpha value is -0.990. The molecule has 0 aromatic rings. The summed E-state index contributed by atoms with van der Waals surface area (Å²) >= 11 is -2.57. The molecular weight excluding hydrogens is 190 g/mol. The van der Waals surface area contributed by atoms with Crippen molar-refractivity contribution in [2.45, 2.75) is 0 Å². The van der Waals surface area contributed by atoms with Crippen LogP contribution in [0.5, 0.6) is 0 Å². The first kappa shape index (κ1) is 11.0. The molecule has 0 fully saturated rings. The number of carboxylic acid groups (broad SMARTS) is 2. The number of nitrogens with zero attached hydrogens (tertiary/aromatic N) is 1. The van der Waals surface area contributed by atoms with Crippen molar-refractivity contribution in [3.05, 3.63) is 0 Å². The summed E-state index contributed by atoms with van der Waals surface area (Å²) in [5.74, 6) is -2.72. The Morgan fingerprint density at radius 2 is 1.50 bits per heavy atom. The highest BCUT2D eigenvalue weighted by molar-refractivity contribution is 7.76. The van der Waals surface area contributed by atoms with Gasteiger partial charge in [-0.25, -0.2) is 4.21 Å². The summed E-state index contributed by atoms with van der Waals surface area (Å²) in [6.07, 6.45) is 0. The van der Waals surface area contributed by atoms with Gasteiger partial charge in [-0.3, -0.25) is 14.1 Å². The van der Waals surface area contributed by atoms with Crippen molar-refractivity contribution >= 4 is 23.2 Å². The molecule has 8 heteroatoms. The Morgan fingerprint density at radius 3 is 1.67 bits per heavy atom. The zero-order valence-electron chi connectivity index (χ0n) is 5.84. The standard InChI is InChI=1S/C4H7NO6S/c6-3(7)1-5(12(10)11)2-4(8)9/h1-2H2,(H,6,7)(H,8,9)(H,10,11). The smallest absolute Gasteiger partial charge is 0.318 e. The van der Waals surface area contributed by atoms with Gasteiger partial charge in [0.15, 0.2) is 0 Å². The van der Waals surface area contributed by atoms with Gasteiger partial charge in [0.2, 0.25) is 11.3 Å². The topological polar surface area (TPSA) is 115 Å². The van der Waals surface area contributed by atoms with Gasteiger partial charge in [-0.2, -0.15) is 4.31 Å². The summed E-state index contributed by atoms with van der Waals surface area (Å²) in [6, 6.07) is 0. The van der Waals surface area contributed by atoms with Crippen LogP contribution in [0.15, 0.2) is 0 Å². The van der Waals surface area contributed by atoms with Crippen LogP contribution >= 0.6 is 0 Å². The molecule has 0 spiro atoms. The van der Waals surface area contributed by atoms with E-state index in [0.717, 1.165) is 0 Å². The first-order valence-corrected chi connectivity index (χ1v) is 3.79. The minimum Gasteiger partial charge on any atom is -0.480 e. The molecule has 0 aliphatic heterocycles. The number of hydrogen-bond acceptors (Lipinski definition) is 3. The first-order valence-electron chi connectivity index (χ1n) is 2.73. The molecule has 12 heavy (non-hydrogen) atoms. The molecule has 1 unspecified atom stereocenters. The van der Waals surface area contributed by atoms with E-state index in [1.807, 2.05) is 0 Å². The van der Waals surface area contributed by atoms with E-state index in [2.05, 4.69) is 0 Å². The highest BCUT2D eigenvalue weighted by atomic mass is 32.2. The van der Waals surface area contributed by atoms with Crippen molar-refractivity contribution in [3.63, 3.8) is 0 Å². The molecule has 0 radical (unpaired) electrons. The van der Waals surface area contributed by atoms with Crippen LogP contribution in [0.2, 0.25) is 0 Å². The molecule has 0 saturated heterocycles. The first-order chi connectivity index (χ1) is 5.43. The number of hydrogen-bond donors (Lipinski definition) is 3. The Balaban J connectivity index is 4.14. The molecule has 0 aliphatic rings. The zero-order chi connectivity index (χ0) is 9.72. The lowest BCUT2D eigenvalue weighted by atomic mass is 10.6. The van der Waals surface area contributed by atoms with Crippen LogP contribution in [-0.2, 0) is 20.9 Å². The van der Waals surface area contributed by atoms with Gasteiger partial charge < -0.3 is 10.2 Å². The molecule has 7 nitrogen and oxygen atoms in total. The molecule has 0 rings (SSSR count).